The van der Waals surface area contributed by atoms with Gasteiger partial charge in [-0.1, -0.05) is 11.6 Å². The number of nitrogens with zero attached hydrogens (tertiary/aromatic N) is 1. The molecule has 0 amide bonds. The van der Waals surface area contributed by atoms with Gasteiger partial charge in [0, 0.05) is 10.6 Å². The maximum atomic E-state index is 13.2. The summed E-state index contributed by atoms with van der Waals surface area (Å²) in [6.07, 6.45) is 0. The van der Waals surface area contributed by atoms with Crippen molar-refractivity contribution in [3.8, 4) is 11.8 Å². The maximum absolute atomic E-state index is 13.2. The van der Waals surface area contributed by atoms with Crippen LogP contribution in [0.15, 0.2) is 36.4 Å². The average Bonchev–Trinajstić information content (AvgIpc) is 2.41. The number of nitriles is 1. The first-order valence-corrected chi connectivity index (χ1v) is 6.33. The van der Waals surface area contributed by atoms with Crippen LogP contribution in [-0.4, -0.2) is 5.11 Å². The molecule has 3 nitrogen and oxygen atoms in total. The minimum Gasteiger partial charge on any atom is -0.508 e. The molecule has 5 heteroatoms. The van der Waals surface area contributed by atoms with Gasteiger partial charge in [0.05, 0.1) is 17.3 Å². The molecule has 0 spiro atoms. The van der Waals surface area contributed by atoms with E-state index in [2.05, 4.69) is 5.32 Å². The summed E-state index contributed by atoms with van der Waals surface area (Å²) >= 11 is 5.90. The number of rotatable bonds is 3. The van der Waals surface area contributed by atoms with Gasteiger partial charge in [0.15, 0.2) is 0 Å². The molecule has 2 N–H and O–H groups in total. The number of phenols is 1. The number of aromatic hydroxyl groups is 1. The first kappa shape index (κ1) is 14.2. The van der Waals surface area contributed by atoms with Gasteiger partial charge in [0.1, 0.15) is 17.6 Å². The SMILES string of the molecule is CC(Nc1cc(Cl)ccc1C#N)c1cc(F)ccc1O. The van der Waals surface area contributed by atoms with E-state index in [-0.39, 0.29) is 11.8 Å². The highest BCUT2D eigenvalue weighted by atomic mass is 35.5. The molecule has 1 atom stereocenters. The van der Waals surface area contributed by atoms with Crippen molar-refractivity contribution in [2.45, 2.75) is 13.0 Å². The Kier molecular flexibility index (Phi) is 4.11. The second-order valence-electron chi connectivity index (χ2n) is 4.37. The Morgan fingerprint density at radius 1 is 1.30 bits per heavy atom. The van der Waals surface area contributed by atoms with Gasteiger partial charge in [0.2, 0.25) is 0 Å². The van der Waals surface area contributed by atoms with Crippen LogP contribution in [0.2, 0.25) is 5.02 Å². The zero-order chi connectivity index (χ0) is 14.7. The average molecular weight is 291 g/mol. The Bertz CT molecular complexity index is 682. The zero-order valence-corrected chi connectivity index (χ0v) is 11.4. The molecule has 0 fully saturated rings. The Balaban J connectivity index is 2.32. The lowest BCUT2D eigenvalue weighted by molar-refractivity contribution is 0.462. The molecule has 0 bridgehead atoms. The van der Waals surface area contributed by atoms with E-state index in [0.717, 1.165) is 0 Å². The highest BCUT2D eigenvalue weighted by Crippen LogP contribution is 2.29. The van der Waals surface area contributed by atoms with Crippen molar-refractivity contribution in [3.05, 3.63) is 58.4 Å². The van der Waals surface area contributed by atoms with Crippen molar-refractivity contribution >= 4 is 17.3 Å². The molecule has 2 rings (SSSR count). The van der Waals surface area contributed by atoms with E-state index >= 15 is 0 Å². The number of hydrogen-bond donors (Lipinski definition) is 2. The summed E-state index contributed by atoms with van der Waals surface area (Å²) < 4.78 is 13.2. The van der Waals surface area contributed by atoms with Gasteiger partial charge < -0.3 is 10.4 Å². The Morgan fingerprint density at radius 3 is 2.75 bits per heavy atom. The molecular weight excluding hydrogens is 279 g/mol. The fourth-order valence-electron chi connectivity index (χ4n) is 1.92. The van der Waals surface area contributed by atoms with Crippen LogP contribution in [0.25, 0.3) is 0 Å². The van der Waals surface area contributed by atoms with Crippen LogP contribution >= 0.6 is 11.6 Å². The summed E-state index contributed by atoms with van der Waals surface area (Å²) in [4.78, 5) is 0. The molecule has 20 heavy (non-hydrogen) atoms. The van der Waals surface area contributed by atoms with Crippen molar-refractivity contribution in [2.75, 3.05) is 5.32 Å². The minimum atomic E-state index is -0.432. The number of halogens is 2. The summed E-state index contributed by atoms with van der Waals surface area (Å²) in [5.74, 6) is -0.440. The third-order valence-corrected chi connectivity index (χ3v) is 3.17. The highest BCUT2D eigenvalue weighted by Gasteiger charge is 2.13. The molecule has 2 aromatic carbocycles. The number of benzene rings is 2. The van der Waals surface area contributed by atoms with Crippen LogP contribution in [0, 0.1) is 17.1 Å². The van der Waals surface area contributed by atoms with E-state index in [1.54, 1.807) is 25.1 Å². The van der Waals surface area contributed by atoms with Crippen LogP contribution in [-0.2, 0) is 0 Å². The summed E-state index contributed by atoms with van der Waals surface area (Å²) in [6.45, 7) is 1.76. The fraction of sp³-hybridized carbons (Fsp3) is 0.133. The third kappa shape index (κ3) is 3.01. The van der Waals surface area contributed by atoms with E-state index < -0.39 is 5.82 Å². The predicted molar refractivity (Wildman–Crippen MR) is 76.3 cm³/mol. The molecule has 2 aromatic rings. The van der Waals surface area contributed by atoms with Crippen LogP contribution in [0.5, 0.6) is 5.75 Å². The Hall–Kier alpha value is -2.25. The smallest absolute Gasteiger partial charge is 0.123 e. The normalized spacial score (nSPS) is 11.7. The molecular formula is C15H12ClFN2O. The summed E-state index contributed by atoms with van der Waals surface area (Å²) in [6, 6.07) is 10.2. The minimum absolute atomic E-state index is 0.00747. The maximum Gasteiger partial charge on any atom is 0.123 e. The van der Waals surface area contributed by atoms with E-state index in [4.69, 9.17) is 16.9 Å². The molecule has 0 aliphatic rings. The predicted octanol–water partition coefficient (Wildman–Crippen LogP) is 4.23. The molecule has 0 aromatic heterocycles. The lowest BCUT2D eigenvalue weighted by Crippen LogP contribution is -2.08. The molecule has 0 aliphatic heterocycles. The van der Waals surface area contributed by atoms with Gasteiger partial charge in [-0.2, -0.15) is 5.26 Å². The molecule has 0 saturated heterocycles. The third-order valence-electron chi connectivity index (χ3n) is 2.93. The second-order valence-corrected chi connectivity index (χ2v) is 4.81. The second kappa shape index (κ2) is 5.81. The molecule has 102 valence electrons. The molecule has 0 saturated carbocycles. The van der Waals surface area contributed by atoms with Crippen molar-refractivity contribution in [1.82, 2.24) is 0 Å². The van der Waals surface area contributed by atoms with Crippen LogP contribution in [0.1, 0.15) is 24.1 Å². The monoisotopic (exact) mass is 290 g/mol. The quantitative estimate of drug-likeness (QED) is 0.889. The standard InChI is InChI=1S/C15H12ClFN2O/c1-9(13-7-12(17)4-5-15(13)20)19-14-6-11(16)3-2-10(14)8-18/h2-7,9,19-20H,1H3. The van der Waals surface area contributed by atoms with Gasteiger partial charge in [-0.3, -0.25) is 0 Å². The lowest BCUT2D eigenvalue weighted by Gasteiger charge is -2.18. The van der Waals surface area contributed by atoms with E-state index in [0.29, 0.717) is 21.8 Å². The number of hydrogen-bond acceptors (Lipinski definition) is 3. The first-order valence-electron chi connectivity index (χ1n) is 5.96. The van der Waals surface area contributed by atoms with E-state index in [9.17, 15) is 9.50 Å². The Labute approximate surface area is 121 Å². The van der Waals surface area contributed by atoms with Crippen molar-refractivity contribution in [1.29, 1.82) is 5.26 Å². The first-order chi connectivity index (χ1) is 9.51. The zero-order valence-electron chi connectivity index (χ0n) is 10.7. The Morgan fingerprint density at radius 2 is 2.05 bits per heavy atom. The van der Waals surface area contributed by atoms with Crippen molar-refractivity contribution in [2.24, 2.45) is 0 Å². The highest BCUT2D eigenvalue weighted by molar-refractivity contribution is 6.30. The van der Waals surface area contributed by atoms with Gasteiger partial charge in [0.25, 0.3) is 0 Å². The number of nitrogens with one attached hydrogen (secondary N) is 1. The summed E-state index contributed by atoms with van der Waals surface area (Å²) in [7, 11) is 0. The molecule has 0 aliphatic carbocycles. The van der Waals surface area contributed by atoms with E-state index in [1.807, 2.05) is 6.07 Å². The molecule has 0 heterocycles. The molecule has 0 radical (unpaired) electrons. The largest absolute Gasteiger partial charge is 0.508 e. The molecule has 1 unspecified atom stereocenters. The number of phenolic OH excluding ortho intramolecular Hbond substituents is 1. The van der Waals surface area contributed by atoms with Gasteiger partial charge in [-0.25, -0.2) is 4.39 Å². The van der Waals surface area contributed by atoms with Crippen LogP contribution in [0.4, 0.5) is 10.1 Å². The van der Waals surface area contributed by atoms with Crippen molar-refractivity contribution < 1.29 is 9.50 Å². The van der Waals surface area contributed by atoms with E-state index in [1.165, 1.54) is 18.2 Å². The topological polar surface area (TPSA) is 56.0 Å². The van der Waals surface area contributed by atoms with Gasteiger partial charge in [-0.15, -0.1) is 0 Å². The summed E-state index contributed by atoms with van der Waals surface area (Å²) in [5, 5.41) is 22.4. The number of anilines is 1. The lowest BCUT2D eigenvalue weighted by atomic mass is 10.1. The van der Waals surface area contributed by atoms with Crippen LogP contribution < -0.4 is 5.32 Å². The van der Waals surface area contributed by atoms with Crippen LogP contribution in [0.3, 0.4) is 0 Å². The summed E-state index contributed by atoms with van der Waals surface area (Å²) in [5.41, 5.74) is 1.38. The van der Waals surface area contributed by atoms with Gasteiger partial charge >= 0.3 is 0 Å². The fourth-order valence-corrected chi connectivity index (χ4v) is 2.09. The van der Waals surface area contributed by atoms with Crippen molar-refractivity contribution in [3.63, 3.8) is 0 Å². The van der Waals surface area contributed by atoms with Gasteiger partial charge in [-0.05, 0) is 43.3 Å².